The van der Waals surface area contributed by atoms with Crippen LogP contribution < -0.4 is 4.90 Å². The van der Waals surface area contributed by atoms with Crippen molar-refractivity contribution in [3.8, 4) is 0 Å². The van der Waals surface area contributed by atoms with Gasteiger partial charge < -0.3 is 15.0 Å². The summed E-state index contributed by atoms with van der Waals surface area (Å²) >= 11 is 3.55. The molecule has 0 unspecified atom stereocenters. The number of anilines is 1. The number of fused-ring (bicyclic) bond motifs is 3. The second-order valence-corrected chi connectivity index (χ2v) is 6.30. The van der Waals surface area contributed by atoms with Crippen LogP contribution in [-0.4, -0.2) is 32.0 Å². The van der Waals surface area contributed by atoms with Crippen LogP contribution in [0.2, 0.25) is 0 Å². The lowest BCUT2D eigenvalue weighted by atomic mass is 9.73. The molecule has 1 fully saturated rings. The third kappa shape index (κ3) is 1.79. The normalized spacial score (nSPS) is 30.6. The first kappa shape index (κ1) is 12.2. The van der Waals surface area contributed by atoms with Gasteiger partial charge in [0, 0.05) is 28.3 Å². The molecule has 96 valence electrons. The molecule has 0 aliphatic carbocycles. The Bertz CT molecular complexity index is 491. The highest BCUT2D eigenvalue weighted by Gasteiger charge is 2.43. The molecular formula is C14H17BrN2O. The second kappa shape index (κ2) is 4.35. The number of rotatable bonds is 1. The maximum atomic E-state index is 7.78. The minimum atomic E-state index is -0.124. The van der Waals surface area contributed by atoms with E-state index in [-0.39, 0.29) is 11.5 Å². The van der Waals surface area contributed by atoms with Crippen LogP contribution in [0, 0.1) is 10.8 Å². The molecule has 0 saturated carbocycles. The summed E-state index contributed by atoms with van der Waals surface area (Å²) in [7, 11) is 0. The first-order chi connectivity index (χ1) is 8.64. The molecule has 0 aromatic heterocycles. The molecule has 3 rings (SSSR count). The van der Waals surface area contributed by atoms with Crippen molar-refractivity contribution in [1.29, 1.82) is 5.41 Å². The van der Waals surface area contributed by atoms with Crippen LogP contribution in [0.5, 0.6) is 0 Å². The average Bonchev–Trinajstić information content (AvgIpc) is 2.40. The minimum Gasteiger partial charge on any atom is -0.377 e. The smallest absolute Gasteiger partial charge is 0.0680 e. The van der Waals surface area contributed by atoms with E-state index >= 15 is 0 Å². The number of nitrogens with zero attached hydrogens (tertiary/aromatic N) is 1. The topological polar surface area (TPSA) is 36.3 Å². The summed E-state index contributed by atoms with van der Waals surface area (Å²) in [6, 6.07) is 6.74. The van der Waals surface area contributed by atoms with E-state index in [2.05, 4.69) is 46.0 Å². The van der Waals surface area contributed by atoms with Crippen molar-refractivity contribution in [2.45, 2.75) is 19.4 Å². The van der Waals surface area contributed by atoms with Gasteiger partial charge in [0.25, 0.3) is 0 Å². The first-order valence-corrected chi connectivity index (χ1v) is 7.08. The molecule has 1 aromatic rings. The van der Waals surface area contributed by atoms with Gasteiger partial charge in [-0.1, -0.05) is 28.9 Å². The van der Waals surface area contributed by atoms with Crippen molar-refractivity contribution >= 4 is 27.8 Å². The summed E-state index contributed by atoms with van der Waals surface area (Å²) in [5, 5.41) is 7.78. The fraction of sp³-hybridized carbons (Fsp3) is 0.500. The Morgan fingerprint density at radius 1 is 1.56 bits per heavy atom. The van der Waals surface area contributed by atoms with Gasteiger partial charge in [0.05, 0.1) is 19.3 Å². The molecule has 0 bridgehead atoms. The van der Waals surface area contributed by atoms with Gasteiger partial charge >= 0.3 is 0 Å². The van der Waals surface area contributed by atoms with Crippen molar-refractivity contribution in [3.05, 3.63) is 28.2 Å². The number of hydrogen-bond donors (Lipinski definition) is 1. The van der Waals surface area contributed by atoms with Crippen LogP contribution in [0.15, 0.2) is 22.7 Å². The number of ether oxygens (including phenoxy) is 1. The fourth-order valence-electron chi connectivity index (χ4n) is 3.07. The molecule has 0 radical (unpaired) electrons. The number of morpholine rings is 1. The van der Waals surface area contributed by atoms with Gasteiger partial charge in [-0.2, -0.15) is 0 Å². The molecule has 4 heteroatoms. The zero-order valence-corrected chi connectivity index (χ0v) is 12.0. The molecule has 1 aromatic carbocycles. The van der Waals surface area contributed by atoms with E-state index in [0.29, 0.717) is 0 Å². The van der Waals surface area contributed by atoms with Gasteiger partial charge in [0.2, 0.25) is 0 Å². The largest absolute Gasteiger partial charge is 0.377 e. The lowest BCUT2D eigenvalue weighted by Gasteiger charge is -2.50. The Morgan fingerprint density at radius 2 is 2.39 bits per heavy atom. The maximum absolute atomic E-state index is 7.78. The van der Waals surface area contributed by atoms with Gasteiger partial charge in [-0.25, -0.2) is 0 Å². The highest BCUT2D eigenvalue weighted by molar-refractivity contribution is 9.10. The molecule has 0 amide bonds. The summed E-state index contributed by atoms with van der Waals surface area (Å²) < 4.78 is 6.74. The molecule has 3 nitrogen and oxygen atoms in total. The summed E-state index contributed by atoms with van der Waals surface area (Å²) in [5.74, 6) is 0. The minimum absolute atomic E-state index is 0.124. The van der Waals surface area contributed by atoms with E-state index in [0.717, 1.165) is 30.7 Å². The Labute approximate surface area is 116 Å². The van der Waals surface area contributed by atoms with E-state index in [1.807, 2.05) is 0 Å². The van der Waals surface area contributed by atoms with Crippen molar-refractivity contribution in [3.63, 3.8) is 0 Å². The Hall–Kier alpha value is -0.870. The van der Waals surface area contributed by atoms with E-state index in [1.54, 1.807) is 6.21 Å². The molecule has 2 aliphatic heterocycles. The molecule has 2 aliphatic rings. The van der Waals surface area contributed by atoms with Gasteiger partial charge in [0.15, 0.2) is 0 Å². The third-order valence-electron chi connectivity index (χ3n) is 4.15. The van der Waals surface area contributed by atoms with E-state index in [9.17, 15) is 0 Å². The predicted molar refractivity (Wildman–Crippen MR) is 76.7 cm³/mol. The molecule has 18 heavy (non-hydrogen) atoms. The Kier molecular flexibility index (Phi) is 2.94. The van der Waals surface area contributed by atoms with Crippen molar-refractivity contribution < 1.29 is 4.74 Å². The SMILES string of the molecule is C[C@]1(C=N)Cc2ccc(Br)cc2N2CCOC[C@H]21. The van der Waals surface area contributed by atoms with E-state index < -0.39 is 0 Å². The van der Waals surface area contributed by atoms with Crippen LogP contribution in [-0.2, 0) is 11.2 Å². The molecule has 2 heterocycles. The zero-order chi connectivity index (χ0) is 12.8. The van der Waals surface area contributed by atoms with Crippen molar-refractivity contribution in [2.24, 2.45) is 5.41 Å². The Morgan fingerprint density at radius 3 is 3.17 bits per heavy atom. The van der Waals surface area contributed by atoms with Crippen LogP contribution in [0.1, 0.15) is 12.5 Å². The molecule has 1 N–H and O–H groups in total. The van der Waals surface area contributed by atoms with Crippen LogP contribution >= 0.6 is 15.9 Å². The summed E-state index contributed by atoms with van der Waals surface area (Å²) in [6.07, 6.45) is 2.52. The van der Waals surface area contributed by atoms with Crippen molar-refractivity contribution in [2.75, 3.05) is 24.7 Å². The molecule has 2 atom stereocenters. The average molecular weight is 309 g/mol. The second-order valence-electron chi connectivity index (χ2n) is 5.38. The van der Waals surface area contributed by atoms with Gasteiger partial charge in [0.1, 0.15) is 0 Å². The number of halogens is 1. The van der Waals surface area contributed by atoms with E-state index in [1.165, 1.54) is 11.3 Å². The lowest BCUT2D eigenvalue weighted by molar-refractivity contribution is 0.0639. The van der Waals surface area contributed by atoms with Crippen LogP contribution in [0.3, 0.4) is 0 Å². The molecule has 0 spiro atoms. The quantitative estimate of drug-likeness (QED) is 0.810. The summed E-state index contributed by atoms with van der Waals surface area (Å²) in [4.78, 5) is 2.41. The predicted octanol–water partition coefficient (Wildman–Crippen LogP) is 2.87. The highest BCUT2D eigenvalue weighted by Crippen LogP contribution is 2.42. The summed E-state index contributed by atoms with van der Waals surface area (Å²) in [5.41, 5.74) is 2.51. The maximum Gasteiger partial charge on any atom is 0.0680 e. The number of benzene rings is 1. The van der Waals surface area contributed by atoms with Crippen LogP contribution in [0.25, 0.3) is 0 Å². The standard InChI is InChI=1S/C14H17BrN2O/c1-14(9-16)7-10-2-3-11(15)6-12(10)17-4-5-18-8-13(14)17/h2-3,6,9,13,16H,4-5,7-8H2,1H3/t13-,14+/m0/s1. The lowest BCUT2D eigenvalue weighted by Crippen LogP contribution is -2.58. The van der Waals surface area contributed by atoms with Gasteiger partial charge in [-0.3, -0.25) is 0 Å². The number of nitrogens with one attached hydrogen (secondary N) is 1. The molecule has 1 saturated heterocycles. The zero-order valence-electron chi connectivity index (χ0n) is 10.4. The van der Waals surface area contributed by atoms with Gasteiger partial charge in [-0.05, 0) is 24.1 Å². The van der Waals surface area contributed by atoms with Gasteiger partial charge in [-0.15, -0.1) is 0 Å². The van der Waals surface area contributed by atoms with Crippen molar-refractivity contribution in [1.82, 2.24) is 0 Å². The molecular weight excluding hydrogens is 292 g/mol. The fourth-order valence-corrected chi connectivity index (χ4v) is 3.42. The monoisotopic (exact) mass is 308 g/mol. The van der Waals surface area contributed by atoms with Crippen LogP contribution in [0.4, 0.5) is 5.69 Å². The van der Waals surface area contributed by atoms with E-state index in [4.69, 9.17) is 10.1 Å². The number of hydrogen-bond acceptors (Lipinski definition) is 3. The highest BCUT2D eigenvalue weighted by atomic mass is 79.9. The third-order valence-corrected chi connectivity index (χ3v) is 4.64. The first-order valence-electron chi connectivity index (χ1n) is 6.28. The summed E-state index contributed by atoms with van der Waals surface area (Å²) in [6.45, 7) is 4.57. The Balaban J connectivity index is 2.11.